The van der Waals surface area contributed by atoms with Gasteiger partial charge in [0, 0.05) is 18.1 Å². The molecule has 0 heterocycles. The topological polar surface area (TPSA) is 64.3 Å². The number of nitriles is 1. The van der Waals surface area contributed by atoms with Crippen LogP contribution in [0.2, 0.25) is 0 Å². The molecule has 1 aromatic carbocycles. The number of carboxylic acid groups (broad SMARTS) is 1. The van der Waals surface area contributed by atoms with Crippen LogP contribution in [-0.4, -0.2) is 24.7 Å². The minimum atomic E-state index is -0.840. The third-order valence-electron chi connectivity index (χ3n) is 2.46. The van der Waals surface area contributed by atoms with E-state index < -0.39 is 11.9 Å². The van der Waals surface area contributed by atoms with E-state index >= 15 is 0 Å². The first-order valence-corrected chi connectivity index (χ1v) is 5.88. The molecule has 5 heteroatoms. The molecule has 0 aromatic heterocycles. The number of anilines is 1. The lowest BCUT2D eigenvalue weighted by Gasteiger charge is -2.22. The molecule has 0 spiro atoms. The van der Waals surface area contributed by atoms with Gasteiger partial charge in [-0.05, 0) is 18.2 Å². The van der Waals surface area contributed by atoms with Crippen molar-refractivity contribution in [1.82, 2.24) is 0 Å². The Hall–Kier alpha value is -1.54. The maximum atomic E-state index is 10.8. The second-order valence-corrected chi connectivity index (χ2v) is 4.81. The average Bonchev–Trinajstić information content (AvgIpc) is 2.28. The van der Waals surface area contributed by atoms with Crippen molar-refractivity contribution in [2.75, 3.05) is 18.5 Å². The summed E-state index contributed by atoms with van der Waals surface area (Å²) in [5, 5.41) is 17.9. The molecule has 0 saturated carbocycles. The normalized spacial score (nSPS) is 11.6. The molecular weight excluding hydrogens is 284 g/mol. The van der Waals surface area contributed by atoms with Crippen LogP contribution >= 0.6 is 15.9 Å². The summed E-state index contributed by atoms with van der Waals surface area (Å²) in [6.45, 7) is 2.01. The van der Waals surface area contributed by atoms with Gasteiger partial charge in [0.1, 0.15) is 6.07 Å². The second-order valence-electron chi connectivity index (χ2n) is 3.89. The molecule has 17 heavy (non-hydrogen) atoms. The van der Waals surface area contributed by atoms with Gasteiger partial charge in [0.2, 0.25) is 0 Å². The zero-order valence-corrected chi connectivity index (χ0v) is 11.2. The van der Waals surface area contributed by atoms with Gasteiger partial charge in [0.25, 0.3) is 0 Å². The van der Waals surface area contributed by atoms with E-state index in [9.17, 15) is 4.79 Å². The van der Waals surface area contributed by atoms with E-state index in [1.165, 1.54) is 0 Å². The number of hydrogen-bond acceptors (Lipinski definition) is 3. The zero-order chi connectivity index (χ0) is 13.0. The molecule has 1 N–H and O–H groups in total. The summed E-state index contributed by atoms with van der Waals surface area (Å²) in [4.78, 5) is 12.6. The minimum absolute atomic E-state index is 0.367. The van der Waals surface area contributed by atoms with E-state index in [1.807, 2.05) is 6.07 Å². The largest absolute Gasteiger partial charge is 0.481 e. The maximum absolute atomic E-state index is 10.8. The van der Waals surface area contributed by atoms with Crippen molar-refractivity contribution in [3.05, 3.63) is 28.2 Å². The molecule has 1 unspecified atom stereocenters. The summed E-state index contributed by atoms with van der Waals surface area (Å²) in [5.41, 5.74) is 1.27. The Balaban J connectivity index is 2.93. The third kappa shape index (κ3) is 3.46. The highest BCUT2D eigenvalue weighted by Gasteiger charge is 2.15. The van der Waals surface area contributed by atoms with Gasteiger partial charge in [-0.3, -0.25) is 4.79 Å². The zero-order valence-electron chi connectivity index (χ0n) is 9.64. The van der Waals surface area contributed by atoms with E-state index in [0.29, 0.717) is 12.1 Å². The van der Waals surface area contributed by atoms with Crippen LogP contribution in [-0.2, 0) is 4.79 Å². The lowest BCUT2D eigenvalue weighted by molar-refractivity contribution is -0.140. The van der Waals surface area contributed by atoms with Crippen molar-refractivity contribution in [2.24, 2.45) is 5.92 Å². The molecule has 1 aromatic rings. The number of aliphatic carboxylic acids is 1. The number of carboxylic acids is 1. The molecule has 0 radical (unpaired) electrons. The number of rotatable bonds is 4. The van der Waals surface area contributed by atoms with Gasteiger partial charge in [-0.1, -0.05) is 22.9 Å². The predicted octanol–water partition coefficient (Wildman–Crippen LogP) is 2.48. The van der Waals surface area contributed by atoms with Crippen LogP contribution in [0.1, 0.15) is 12.5 Å². The fourth-order valence-electron chi connectivity index (χ4n) is 1.52. The van der Waals surface area contributed by atoms with Crippen molar-refractivity contribution < 1.29 is 9.90 Å². The molecule has 0 amide bonds. The second kappa shape index (κ2) is 5.69. The first-order chi connectivity index (χ1) is 7.95. The first kappa shape index (κ1) is 13.5. The summed E-state index contributed by atoms with van der Waals surface area (Å²) >= 11 is 3.30. The molecule has 0 aliphatic rings. The van der Waals surface area contributed by atoms with Crippen LogP contribution in [0.5, 0.6) is 0 Å². The average molecular weight is 297 g/mol. The Bertz CT molecular complexity index is 468. The fourth-order valence-corrected chi connectivity index (χ4v) is 1.88. The molecule has 0 fully saturated rings. The van der Waals surface area contributed by atoms with Crippen LogP contribution in [0.25, 0.3) is 0 Å². The lowest BCUT2D eigenvalue weighted by Crippen LogP contribution is -2.28. The van der Waals surface area contributed by atoms with Gasteiger partial charge < -0.3 is 10.0 Å². The molecular formula is C12H13BrN2O2. The van der Waals surface area contributed by atoms with E-state index in [4.69, 9.17) is 10.4 Å². The molecule has 90 valence electrons. The number of carbonyl (C=O) groups is 1. The molecule has 0 bridgehead atoms. The van der Waals surface area contributed by atoms with E-state index in [2.05, 4.69) is 22.0 Å². The SMILES string of the molecule is CC(CN(C)c1ccc(Br)cc1C#N)C(=O)O. The number of nitrogens with zero attached hydrogens (tertiary/aromatic N) is 2. The Morgan fingerprint density at radius 3 is 2.82 bits per heavy atom. The Morgan fingerprint density at radius 1 is 1.65 bits per heavy atom. The van der Waals surface area contributed by atoms with Crippen molar-refractivity contribution in [3.63, 3.8) is 0 Å². The lowest BCUT2D eigenvalue weighted by atomic mass is 10.1. The third-order valence-corrected chi connectivity index (χ3v) is 2.95. The van der Waals surface area contributed by atoms with Crippen molar-refractivity contribution in [3.8, 4) is 6.07 Å². The van der Waals surface area contributed by atoms with Crippen molar-refractivity contribution in [2.45, 2.75) is 6.92 Å². The Labute approximate surface area is 109 Å². The summed E-state index contributed by atoms with van der Waals surface area (Å²) in [5.74, 6) is -1.32. The summed E-state index contributed by atoms with van der Waals surface area (Å²) < 4.78 is 0.831. The predicted molar refractivity (Wildman–Crippen MR) is 68.9 cm³/mol. The molecule has 1 rings (SSSR count). The van der Waals surface area contributed by atoms with Gasteiger partial charge in [-0.25, -0.2) is 0 Å². The molecule has 0 aliphatic heterocycles. The minimum Gasteiger partial charge on any atom is -0.481 e. The van der Waals surface area contributed by atoms with Crippen LogP contribution in [0, 0.1) is 17.2 Å². The molecule has 0 saturated heterocycles. The highest BCUT2D eigenvalue weighted by Crippen LogP contribution is 2.23. The monoisotopic (exact) mass is 296 g/mol. The first-order valence-electron chi connectivity index (χ1n) is 5.09. The van der Waals surface area contributed by atoms with Gasteiger partial charge in [0.05, 0.1) is 17.2 Å². The van der Waals surface area contributed by atoms with E-state index in [1.54, 1.807) is 31.0 Å². The highest BCUT2D eigenvalue weighted by atomic mass is 79.9. The molecule has 4 nitrogen and oxygen atoms in total. The van der Waals surface area contributed by atoms with Crippen LogP contribution in [0.4, 0.5) is 5.69 Å². The number of hydrogen-bond donors (Lipinski definition) is 1. The van der Waals surface area contributed by atoms with E-state index in [0.717, 1.165) is 10.2 Å². The summed E-state index contributed by atoms with van der Waals surface area (Å²) in [7, 11) is 1.78. The quantitative estimate of drug-likeness (QED) is 0.927. The van der Waals surface area contributed by atoms with Gasteiger partial charge in [-0.2, -0.15) is 5.26 Å². The highest BCUT2D eigenvalue weighted by molar-refractivity contribution is 9.10. The summed E-state index contributed by atoms with van der Waals surface area (Å²) in [6.07, 6.45) is 0. The van der Waals surface area contributed by atoms with Crippen molar-refractivity contribution >= 4 is 27.6 Å². The fraction of sp³-hybridized carbons (Fsp3) is 0.333. The van der Waals surface area contributed by atoms with E-state index in [-0.39, 0.29) is 0 Å². The van der Waals surface area contributed by atoms with Crippen LogP contribution in [0.3, 0.4) is 0 Å². The Morgan fingerprint density at radius 2 is 2.29 bits per heavy atom. The van der Waals surface area contributed by atoms with Gasteiger partial charge in [-0.15, -0.1) is 0 Å². The van der Waals surface area contributed by atoms with Gasteiger partial charge in [0.15, 0.2) is 0 Å². The number of benzene rings is 1. The number of halogens is 1. The summed E-state index contributed by atoms with van der Waals surface area (Å²) in [6, 6.07) is 7.45. The molecule has 1 atom stereocenters. The Kier molecular flexibility index (Phi) is 4.53. The smallest absolute Gasteiger partial charge is 0.308 e. The van der Waals surface area contributed by atoms with Crippen LogP contribution < -0.4 is 4.90 Å². The maximum Gasteiger partial charge on any atom is 0.308 e. The standard InChI is InChI=1S/C12H13BrN2O2/c1-8(12(16)17)7-15(2)11-4-3-10(13)5-9(11)6-14/h3-5,8H,7H2,1-2H3,(H,16,17). The molecule has 0 aliphatic carbocycles. The van der Waals surface area contributed by atoms with Gasteiger partial charge >= 0.3 is 5.97 Å². The van der Waals surface area contributed by atoms with Crippen molar-refractivity contribution in [1.29, 1.82) is 5.26 Å². The van der Waals surface area contributed by atoms with Crippen LogP contribution in [0.15, 0.2) is 22.7 Å².